The molecule has 0 unspecified atom stereocenters. The lowest BCUT2D eigenvalue weighted by Crippen LogP contribution is -2.52. The summed E-state index contributed by atoms with van der Waals surface area (Å²) in [6.07, 6.45) is 3.61. The zero-order chi connectivity index (χ0) is 25.7. The Balaban J connectivity index is 1.42. The predicted molar refractivity (Wildman–Crippen MR) is 133 cm³/mol. The second-order valence-corrected chi connectivity index (χ2v) is 9.23. The van der Waals surface area contributed by atoms with Crippen molar-refractivity contribution in [3.63, 3.8) is 0 Å². The van der Waals surface area contributed by atoms with Gasteiger partial charge in [0.1, 0.15) is 23.4 Å². The lowest BCUT2D eigenvalue weighted by molar-refractivity contribution is -0.127. The first-order valence-electron chi connectivity index (χ1n) is 12.3. The summed E-state index contributed by atoms with van der Waals surface area (Å²) in [5.74, 6) is -0.482. The number of piperidine rings is 1. The highest BCUT2D eigenvalue weighted by Crippen LogP contribution is 2.34. The lowest BCUT2D eigenvalue weighted by Gasteiger charge is -2.34. The van der Waals surface area contributed by atoms with Gasteiger partial charge in [-0.15, -0.1) is 0 Å². The third kappa shape index (κ3) is 6.02. The van der Waals surface area contributed by atoms with Crippen LogP contribution in [0.5, 0.6) is 11.5 Å². The van der Waals surface area contributed by atoms with Crippen LogP contribution in [0, 0.1) is 12.7 Å². The van der Waals surface area contributed by atoms with E-state index in [1.165, 1.54) is 42.4 Å². The largest absolute Gasteiger partial charge is 0.485 e. The van der Waals surface area contributed by atoms with Crippen LogP contribution < -0.4 is 19.7 Å². The summed E-state index contributed by atoms with van der Waals surface area (Å²) in [6.45, 7) is 6.29. The molecule has 0 aliphatic carbocycles. The van der Waals surface area contributed by atoms with Crippen molar-refractivity contribution in [1.82, 2.24) is 10.2 Å². The van der Waals surface area contributed by atoms with Crippen LogP contribution in [0.1, 0.15) is 42.1 Å². The number of carbonyl (C=O) groups is 3. The van der Waals surface area contributed by atoms with E-state index in [-0.39, 0.29) is 36.6 Å². The number of hydrogen-bond acceptors (Lipinski definition) is 6. The molecule has 4 rings (SSSR count). The van der Waals surface area contributed by atoms with Gasteiger partial charge in [-0.1, -0.05) is 6.42 Å². The molecule has 1 saturated heterocycles. The Hall–Kier alpha value is -3.46. The molecule has 1 fully saturated rings. The second-order valence-electron chi connectivity index (χ2n) is 9.23. The van der Waals surface area contributed by atoms with Gasteiger partial charge in [-0.05, 0) is 81.7 Å². The maximum atomic E-state index is 13.3. The van der Waals surface area contributed by atoms with Crippen LogP contribution in [0.25, 0.3) is 0 Å². The molecule has 2 aromatic rings. The molecule has 0 saturated carbocycles. The molecule has 0 spiro atoms. The lowest BCUT2D eigenvalue weighted by atomic mass is 10.1. The number of aryl methyl sites for hydroxylation is 1. The van der Waals surface area contributed by atoms with E-state index in [9.17, 15) is 18.8 Å². The minimum absolute atomic E-state index is 0.182. The number of ether oxygens (including phenoxy) is 2. The van der Waals surface area contributed by atoms with Gasteiger partial charge in [-0.2, -0.15) is 0 Å². The number of halogens is 1. The Morgan fingerprint density at radius 2 is 1.92 bits per heavy atom. The number of ketones is 1. The molecule has 1 N–H and O–H groups in total. The number of carbonyl (C=O) groups excluding carboxylic acids is 3. The predicted octanol–water partition coefficient (Wildman–Crippen LogP) is 3.11. The van der Waals surface area contributed by atoms with Crippen molar-refractivity contribution in [2.75, 3.05) is 44.3 Å². The summed E-state index contributed by atoms with van der Waals surface area (Å²) in [5.41, 5.74) is 1.27. The molecule has 2 aliphatic heterocycles. The van der Waals surface area contributed by atoms with Crippen LogP contribution in [0.4, 0.5) is 10.1 Å². The Labute approximate surface area is 210 Å². The molecule has 8 nitrogen and oxygen atoms in total. The van der Waals surface area contributed by atoms with Crippen molar-refractivity contribution in [1.29, 1.82) is 0 Å². The van der Waals surface area contributed by atoms with Crippen LogP contribution in [0.15, 0.2) is 36.4 Å². The van der Waals surface area contributed by atoms with Gasteiger partial charge in [0.2, 0.25) is 5.91 Å². The monoisotopic (exact) mass is 497 g/mol. The Bertz CT molecular complexity index is 1130. The van der Waals surface area contributed by atoms with Gasteiger partial charge in [-0.25, -0.2) is 4.39 Å². The van der Waals surface area contributed by atoms with E-state index in [1.54, 1.807) is 32.0 Å². The fraction of sp³-hybridized carbons (Fsp3) is 0.444. The summed E-state index contributed by atoms with van der Waals surface area (Å²) in [6, 6.07) is 8.07. The first-order chi connectivity index (χ1) is 17.3. The van der Waals surface area contributed by atoms with E-state index in [4.69, 9.17) is 9.47 Å². The molecule has 2 aromatic carbocycles. The number of anilines is 1. The summed E-state index contributed by atoms with van der Waals surface area (Å²) in [7, 11) is 0. The number of benzene rings is 2. The van der Waals surface area contributed by atoms with Crippen LogP contribution in [0.2, 0.25) is 0 Å². The number of hydrogen-bond donors (Lipinski definition) is 1. The molecule has 0 radical (unpaired) electrons. The standard InChI is InChI=1S/C27H32FN3O5/c1-18-14-21(28)7-9-24(18)35-16-23(32)20-6-8-25-22(15-20)31(26(33)17-36-25)19(2)27(34)29-10-13-30-11-4-3-5-12-30/h6-9,14-15,19H,3-5,10-13,16-17H2,1-2H3,(H,29,34)/t19-/m1/s1. The fourth-order valence-corrected chi connectivity index (χ4v) is 4.56. The van der Waals surface area contributed by atoms with Crippen LogP contribution >= 0.6 is 0 Å². The second kappa shape index (κ2) is 11.5. The number of rotatable bonds is 9. The maximum absolute atomic E-state index is 13.3. The van der Waals surface area contributed by atoms with E-state index in [2.05, 4.69) is 10.2 Å². The van der Waals surface area contributed by atoms with Crippen LogP contribution in [-0.2, 0) is 9.59 Å². The number of fused-ring (bicyclic) bond motifs is 1. The Morgan fingerprint density at radius 1 is 1.14 bits per heavy atom. The highest BCUT2D eigenvalue weighted by atomic mass is 19.1. The molecule has 0 bridgehead atoms. The first kappa shape index (κ1) is 25.6. The van der Waals surface area contributed by atoms with Gasteiger partial charge in [0, 0.05) is 18.7 Å². The average Bonchev–Trinajstić information content (AvgIpc) is 2.87. The molecule has 9 heteroatoms. The van der Waals surface area contributed by atoms with Crippen molar-refractivity contribution in [3.8, 4) is 11.5 Å². The van der Waals surface area contributed by atoms with Gasteiger partial charge >= 0.3 is 0 Å². The van der Waals surface area contributed by atoms with Gasteiger partial charge in [0.15, 0.2) is 19.0 Å². The number of nitrogens with zero attached hydrogens (tertiary/aromatic N) is 2. The number of amides is 2. The third-order valence-electron chi connectivity index (χ3n) is 6.60. The highest BCUT2D eigenvalue weighted by Gasteiger charge is 2.33. The summed E-state index contributed by atoms with van der Waals surface area (Å²) in [4.78, 5) is 42.2. The SMILES string of the molecule is Cc1cc(F)ccc1OCC(=O)c1ccc2c(c1)N([C@H](C)C(=O)NCCN1CCCCC1)C(=O)CO2. The fourth-order valence-electron chi connectivity index (χ4n) is 4.56. The Morgan fingerprint density at radius 3 is 2.67 bits per heavy atom. The van der Waals surface area contributed by atoms with Crippen molar-refractivity contribution in [2.24, 2.45) is 0 Å². The number of Topliss-reactive ketones (excluding diaryl/α,β-unsaturated/α-hetero) is 1. The van der Waals surface area contributed by atoms with Crippen molar-refractivity contribution < 1.29 is 28.2 Å². The molecule has 36 heavy (non-hydrogen) atoms. The molecule has 2 amide bonds. The zero-order valence-corrected chi connectivity index (χ0v) is 20.7. The summed E-state index contributed by atoms with van der Waals surface area (Å²) < 4.78 is 24.4. The Kier molecular flexibility index (Phi) is 8.20. The molecule has 0 aromatic heterocycles. The van der Waals surface area contributed by atoms with Gasteiger partial charge in [0.05, 0.1) is 5.69 Å². The minimum Gasteiger partial charge on any atom is -0.485 e. The van der Waals surface area contributed by atoms with E-state index in [0.29, 0.717) is 34.9 Å². The molecule has 192 valence electrons. The third-order valence-corrected chi connectivity index (χ3v) is 6.60. The van der Waals surface area contributed by atoms with E-state index < -0.39 is 6.04 Å². The molecule has 1 atom stereocenters. The first-order valence-corrected chi connectivity index (χ1v) is 12.3. The van der Waals surface area contributed by atoms with Crippen LogP contribution in [0.3, 0.4) is 0 Å². The average molecular weight is 498 g/mol. The van der Waals surface area contributed by atoms with E-state index in [1.807, 2.05) is 0 Å². The highest BCUT2D eigenvalue weighted by molar-refractivity contribution is 6.05. The molecule has 2 heterocycles. The molecular formula is C27H32FN3O5. The van der Waals surface area contributed by atoms with Gasteiger partial charge in [0.25, 0.3) is 5.91 Å². The van der Waals surface area contributed by atoms with Crippen LogP contribution in [-0.4, -0.2) is 67.9 Å². The normalized spacial score (nSPS) is 16.6. The summed E-state index contributed by atoms with van der Waals surface area (Å²) in [5, 5.41) is 2.93. The van der Waals surface area contributed by atoms with Crippen molar-refractivity contribution in [3.05, 3.63) is 53.3 Å². The zero-order valence-electron chi connectivity index (χ0n) is 20.7. The topological polar surface area (TPSA) is 88.2 Å². The quantitative estimate of drug-likeness (QED) is 0.536. The number of likely N-dealkylation sites (tertiary alicyclic amines) is 1. The minimum atomic E-state index is -0.773. The van der Waals surface area contributed by atoms with Gasteiger partial charge < -0.3 is 19.7 Å². The van der Waals surface area contributed by atoms with E-state index in [0.717, 1.165) is 19.6 Å². The molecule has 2 aliphatic rings. The smallest absolute Gasteiger partial charge is 0.265 e. The van der Waals surface area contributed by atoms with Crippen molar-refractivity contribution >= 4 is 23.3 Å². The summed E-state index contributed by atoms with van der Waals surface area (Å²) >= 11 is 0. The van der Waals surface area contributed by atoms with E-state index >= 15 is 0 Å². The maximum Gasteiger partial charge on any atom is 0.265 e. The molecular weight excluding hydrogens is 465 g/mol. The number of nitrogens with one attached hydrogen (secondary N) is 1. The van der Waals surface area contributed by atoms with Crippen molar-refractivity contribution in [2.45, 2.75) is 39.2 Å². The van der Waals surface area contributed by atoms with Gasteiger partial charge in [-0.3, -0.25) is 19.3 Å².